The van der Waals surface area contributed by atoms with Crippen LogP contribution in [-0.2, 0) is 12.8 Å². The van der Waals surface area contributed by atoms with Crippen LogP contribution in [0, 0.1) is 0 Å². The van der Waals surface area contributed by atoms with Gasteiger partial charge in [-0.3, -0.25) is 0 Å². The number of aliphatic hydroxyl groups excluding tert-OH is 1. The Morgan fingerprint density at radius 3 is 2.67 bits per heavy atom. The molecule has 0 aliphatic heterocycles. The van der Waals surface area contributed by atoms with E-state index in [0.29, 0.717) is 22.2 Å². The number of aryl methyl sites for hydroxylation is 1. The lowest BCUT2D eigenvalue weighted by atomic mass is 10.1. The SMILES string of the molecule is CCc1ccc(C(O)Cc2cccc(Cl)c2Cl)o1. The zero-order valence-electron chi connectivity index (χ0n) is 9.99. The summed E-state index contributed by atoms with van der Waals surface area (Å²) in [4.78, 5) is 0. The summed E-state index contributed by atoms with van der Waals surface area (Å²) < 4.78 is 5.51. The van der Waals surface area contributed by atoms with Gasteiger partial charge in [-0.05, 0) is 23.8 Å². The van der Waals surface area contributed by atoms with Gasteiger partial charge in [-0.15, -0.1) is 0 Å². The van der Waals surface area contributed by atoms with Crippen LogP contribution in [0.2, 0.25) is 10.0 Å². The molecule has 2 rings (SSSR count). The van der Waals surface area contributed by atoms with Crippen LogP contribution in [0.15, 0.2) is 34.7 Å². The number of hydrogen-bond acceptors (Lipinski definition) is 2. The van der Waals surface area contributed by atoms with Gasteiger partial charge in [0.1, 0.15) is 17.6 Å². The van der Waals surface area contributed by atoms with E-state index in [1.165, 1.54) is 0 Å². The Kier molecular flexibility index (Phi) is 4.33. The quantitative estimate of drug-likeness (QED) is 0.901. The molecule has 0 aliphatic carbocycles. The summed E-state index contributed by atoms with van der Waals surface area (Å²) in [7, 11) is 0. The van der Waals surface area contributed by atoms with Crippen LogP contribution in [0.25, 0.3) is 0 Å². The van der Waals surface area contributed by atoms with E-state index in [1.54, 1.807) is 12.1 Å². The Morgan fingerprint density at radius 1 is 1.22 bits per heavy atom. The second kappa shape index (κ2) is 5.79. The van der Waals surface area contributed by atoms with E-state index in [1.807, 2.05) is 25.1 Å². The molecule has 2 aromatic rings. The van der Waals surface area contributed by atoms with Crippen molar-refractivity contribution in [3.05, 3.63) is 57.5 Å². The van der Waals surface area contributed by atoms with Crippen molar-refractivity contribution in [1.82, 2.24) is 0 Å². The molecule has 96 valence electrons. The van der Waals surface area contributed by atoms with Gasteiger partial charge >= 0.3 is 0 Å². The number of aliphatic hydroxyl groups is 1. The van der Waals surface area contributed by atoms with Crippen molar-refractivity contribution in [2.45, 2.75) is 25.9 Å². The molecule has 0 saturated heterocycles. The highest BCUT2D eigenvalue weighted by molar-refractivity contribution is 6.42. The van der Waals surface area contributed by atoms with E-state index < -0.39 is 6.10 Å². The molecule has 1 unspecified atom stereocenters. The van der Waals surface area contributed by atoms with Crippen molar-refractivity contribution in [1.29, 1.82) is 0 Å². The second-order valence-electron chi connectivity index (χ2n) is 4.09. The summed E-state index contributed by atoms with van der Waals surface area (Å²) in [5.74, 6) is 1.42. The Balaban J connectivity index is 2.15. The Labute approximate surface area is 116 Å². The predicted molar refractivity (Wildman–Crippen MR) is 73.2 cm³/mol. The molecule has 0 radical (unpaired) electrons. The maximum atomic E-state index is 10.1. The van der Waals surface area contributed by atoms with E-state index in [0.717, 1.165) is 17.7 Å². The van der Waals surface area contributed by atoms with Crippen LogP contribution >= 0.6 is 23.2 Å². The zero-order valence-corrected chi connectivity index (χ0v) is 11.5. The topological polar surface area (TPSA) is 33.4 Å². The maximum Gasteiger partial charge on any atom is 0.133 e. The minimum absolute atomic E-state index is 0.385. The molecule has 1 N–H and O–H groups in total. The van der Waals surface area contributed by atoms with E-state index in [-0.39, 0.29) is 0 Å². The van der Waals surface area contributed by atoms with Crippen molar-refractivity contribution >= 4 is 23.2 Å². The van der Waals surface area contributed by atoms with Gasteiger partial charge in [0.05, 0.1) is 10.0 Å². The molecule has 1 aromatic heterocycles. The van der Waals surface area contributed by atoms with Crippen LogP contribution in [0.1, 0.15) is 30.1 Å². The third-order valence-corrected chi connectivity index (χ3v) is 3.66. The monoisotopic (exact) mass is 284 g/mol. The van der Waals surface area contributed by atoms with E-state index in [9.17, 15) is 5.11 Å². The molecule has 4 heteroatoms. The molecule has 1 heterocycles. The molecule has 0 saturated carbocycles. The van der Waals surface area contributed by atoms with Crippen molar-refractivity contribution in [2.75, 3.05) is 0 Å². The van der Waals surface area contributed by atoms with Gasteiger partial charge in [-0.1, -0.05) is 42.3 Å². The lowest BCUT2D eigenvalue weighted by Crippen LogP contribution is -2.01. The van der Waals surface area contributed by atoms with E-state index >= 15 is 0 Å². The highest BCUT2D eigenvalue weighted by atomic mass is 35.5. The van der Waals surface area contributed by atoms with Crippen molar-refractivity contribution in [2.24, 2.45) is 0 Å². The highest BCUT2D eigenvalue weighted by Crippen LogP contribution is 2.29. The summed E-state index contributed by atoms with van der Waals surface area (Å²) in [6.45, 7) is 2.00. The molecule has 1 atom stereocenters. The minimum Gasteiger partial charge on any atom is -0.463 e. The lowest BCUT2D eigenvalue weighted by molar-refractivity contribution is 0.148. The Bertz CT molecular complexity index is 534. The first kappa shape index (κ1) is 13.5. The molecule has 0 bridgehead atoms. The fourth-order valence-corrected chi connectivity index (χ4v) is 2.18. The molecule has 0 amide bonds. The number of hydrogen-bond donors (Lipinski definition) is 1. The van der Waals surface area contributed by atoms with Gasteiger partial charge < -0.3 is 9.52 Å². The third kappa shape index (κ3) is 2.89. The first-order valence-corrected chi connectivity index (χ1v) is 6.57. The molecule has 1 aromatic carbocycles. The van der Waals surface area contributed by atoms with Crippen LogP contribution in [0.3, 0.4) is 0 Å². The van der Waals surface area contributed by atoms with Gasteiger partial charge in [-0.25, -0.2) is 0 Å². The van der Waals surface area contributed by atoms with Gasteiger partial charge in [0, 0.05) is 12.8 Å². The van der Waals surface area contributed by atoms with Gasteiger partial charge in [0.2, 0.25) is 0 Å². The van der Waals surface area contributed by atoms with Gasteiger partial charge in [0.15, 0.2) is 0 Å². The molecule has 18 heavy (non-hydrogen) atoms. The molecule has 0 aliphatic rings. The van der Waals surface area contributed by atoms with Crippen LogP contribution in [0.4, 0.5) is 0 Å². The summed E-state index contributed by atoms with van der Waals surface area (Å²) in [5.41, 5.74) is 0.811. The molecule has 0 fully saturated rings. The minimum atomic E-state index is -0.707. The molecule has 0 spiro atoms. The Hall–Kier alpha value is -0.960. The number of furan rings is 1. The average Bonchev–Trinajstić information content (AvgIpc) is 2.83. The first-order chi connectivity index (χ1) is 8.61. The summed E-state index contributed by atoms with van der Waals surface area (Å²) in [6.07, 6.45) is 0.488. The normalized spacial score (nSPS) is 12.7. The maximum absolute atomic E-state index is 10.1. The molecule has 2 nitrogen and oxygen atoms in total. The zero-order chi connectivity index (χ0) is 13.1. The molecular formula is C14H14Cl2O2. The van der Waals surface area contributed by atoms with Gasteiger partial charge in [0.25, 0.3) is 0 Å². The van der Waals surface area contributed by atoms with Crippen LogP contribution in [-0.4, -0.2) is 5.11 Å². The smallest absolute Gasteiger partial charge is 0.133 e. The average molecular weight is 285 g/mol. The van der Waals surface area contributed by atoms with Crippen LogP contribution in [0.5, 0.6) is 0 Å². The number of benzene rings is 1. The lowest BCUT2D eigenvalue weighted by Gasteiger charge is -2.10. The first-order valence-electron chi connectivity index (χ1n) is 5.81. The Morgan fingerprint density at radius 2 is 2.00 bits per heavy atom. The summed E-state index contributed by atoms with van der Waals surface area (Å²) in [6, 6.07) is 9.05. The van der Waals surface area contributed by atoms with Crippen LogP contribution < -0.4 is 0 Å². The second-order valence-corrected chi connectivity index (χ2v) is 4.88. The fraction of sp³-hybridized carbons (Fsp3) is 0.286. The van der Waals surface area contributed by atoms with Crippen molar-refractivity contribution in [3.63, 3.8) is 0 Å². The highest BCUT2D eigenvalue weighted by Gasteiger charge is 2.15. The van der Waals surface area contributed by atoms with E-state index in [4.69, 9.17) is 27.6 Å². The van der Waals surface area contributed by atoms with E-state index in [2.05, 4.69) is 0 Å². The standard InChI is InChI=1S/C14H14Cl2O2/c1-2-10-6-7-13(18-10)12(17)8-9-4-3-5-11(15)14(9)16/h3-7,12,17H,2,8H2,1H3. The van der Waals surface area contributed by atoms with Crippen molar-refractivity contribution in [3.8, 4) is 0 Å². The van der Waals surface area contributed by atoms with Gasteiger partial charge in [-0.2, -0.15) is 0 Å². The fourth-order valence-electron chi connectivity index (χ4n) is 1.78. The number of rotatable bonds is 4. The number of halogens is 2. The third-order valence-electron chi connectivity index (χ3n) is 2.80. The molecular weight excluding hydrogens is 271 g/mol. The predicted octanol–water partition coefficient (Wildman–Crippen LogP) is 4.42. The largest absolute Gasteiger partial charge is 0.463 e. The van der Waals surface area contributed by atoms with Crippen molar-refractivity contribution < 1.29 is 9.52 Å². The summed E-state index contributed by atoms with van der Waals surface area (Å²) >= 11 is 12.0. The summed E-state index contributed by atoms with van der Waals surface area (Å²) in [5, 5.41) is 11.1.